The standard InChI is InChI=1S/C23H34N6O/c1-29(2)21-19-9-5-6-10-20(19)27-22(28-21)25-18-13-11-16(12-14-18)15-24-23(30)26-17-7-3-4-8-17/h5-6,9-10,16-18H,3-4,7-8,11-15H2,1-2H3,(H2,24,26,30)(H,25,27,28). The lowest BCUT2D eigenvalue weighted by molar-refractivity contribution is 0.232. The van der Waals surface area contributed by atoms with E-state index in [9.17, 15) is 4.79 Å². The van der Waals surface area contributed by atoms with E-state index in [4.69, 9.17) is 9.97 Å². The van der Waals surface area contributed by atoms with Gasteiger partial charge in [-0.2, -0.15) is 4.98 Å². The summed E-state index contributed by atoms with van der Waals surface area (Å²) in [7, 11) is 4.03. The number of urea groups is 1. The third-order valence-corrected chi connectivity index (χ3v) is 6.43. The predicted molar refractivity (Wildman–Crippen MR) is 122 cm³/mol. The van der Waals surface area contributed by atoms with Gasteiger partial charge in [-0.3, -0.25) is 0 Å². The van der Waals surface area contributed by atoms with Crippen molar-refractivity contribution in [3.8, 4) is 0 Å². The van der Waals surface area contributed by atoms with Crippen molar-refractivity contribution >= 4 is 28.7 Å². The molecule has 1 aromatic heterocycles. The number of aromatic nitrogens is 2. The normalized spacial score (nSPS) is 22.1. The van der Waals surface area contributed by atoms with E-state index in [1.807, 2.05) is 37.2 Å². The average molecular weight is 411 g/mol. The molecule has 7 heteroatoms. The molecule has 0 atom stereocenters. The number of nitrogens with zero attached hydrogens (tertiary/aromatic N) is 3. The van der Waals surface area contributed by atoms with Gasteiger partial charge in [-0.1, -0.05) is 25.0 Å². The third-order valence-electron chi connectivity index (χ3n) is 6.43. The average Bonchev–Trinajstić information content (AvgIpc) is 3.25. The highest BCUT2D eigenvalue weighted by Crippen LogP contribution is 2.28. The van der Waals surface area contributed by atoms with E-state index in [-0.39, 0.29) is 6.03 Å². The van der Waals surface area contributed by atoms with Gasteiger partial charge in [-0.25, -0.2) is 9.78 Å². The molecular formula is C23H34N6O. The van der Waals surface area contributed by atoms with Crippen molar-refractivity contribution in [2.24, 2.45) is 5.92 Å². The molecule has 0 saturated heterocycles. The van der Waals surface area contributed by atoms with Gasteiger partial charge in [0.15, 0.2) is 0 Å². The minimum Gasteiger partial charge on any atom is -0.362 e. The van der Waals surface area contributed by atoms with Gasteiger partial charge in [-0.15, -0.1) is 0 Å². The Balaban J connectivity index is 1.27. The molecule has 162 valence electrons. The molecule has 2 saturated carbocycles. The Hall–Kier alpha value is -2.57. The van der Waals surface area contributed by atoms with Gasteiger partial charge in [0.2, 0.25) is 5.95 Å². The fourth-order valence-electron chi connectivity index (χ4n) is 4.70. The van der Waals surface area contributed by atoms with E-state index in [0.29, 0.717) is 23.9 Å². The Bertz CT molecular complexity index is 856. The molecule has 2 aliphatic carbocycles. The Labute approximate surface area is 179 Å². The van der Waals surface area contributed by atoms with Crippen LogP contribution in [-0.4, -0.2) is 48.7 Å². The van der Waals surface area contributed by atoms with Gasteiger partial charge in [0.1, 0.15) is 5.82 Å². The highest BCUT2D eigenvalue weighted by Gasteiger charge is 2.23. The number of benzene rings is 1. The van der Waals surface area contributed by atoms with Crippen LogP contribution in [0.1, 0.15) is 51.4 Å². The van der Waals surface area contributed by atoms with Gasteiger partial charge < -0.3 is 20.9 Å². The lowest BCUT2D eigenvalue weighted by Crippen LogP contribution is -2.43. The van der Waals surface area contributed by atoms with Crippen molar-refractivity contribution in [1.82, 2.24) is 20.6 Å². The lowest BCUT2D eigenvalue weighted by Gasteiger charge is -2.29. The third kappa shape index (κ3) is 5.12. The molecular weight excluding hydrogens is 376 g/mol. The van der Waals surface area contributed by atoms with Crippen molar-refractivity contribution in [2.75, 3.05) is 30.9 Å². The smallest absolute Gasteiger partial charge is 0.315 e. The summed E-state index contributed by atoms with van der Waals surface area (Å²) in [5, 5.41) is 10.8. The summed E-state index contributed by atoms with van der Waals surface area (Å²) in [6, 6.07) is 8.89. The van der Waals surface area contributed by atoms with Gasteiger partial charge >= 0.3 is 6.03 Å². The first-order chi connectivity index (χ1) is 14.6. The topological polar surface area (TPSA) is 82.2 Å². The number of fused-ring (bicyclic) bond motifs is 1. The van der Waals surface area contributed by atoms with E-state index < -0.39 is 0 Å². The van der Waals surface area contributed by atoms with Crippen LogP contribution in [0.4, 0.5) is 16.6 Å². The van der Waals surface area contributed by atoms with Gasteiger partial charge in [0.25, 0.3) is 0 Å². The first kappa shape index (κ1) is 20.7. The van der Waals surface area contributed by atoms with E-state index in [2.05, 4.69) is 22.0 Å². The van der Waals surface area contributed by atoms with E-state index >= 15 is 0 Å². The Morgan fingerprint density at radius 2 is 1.73 bits per heavy atom. The summed E-state index contributed by atoms with van der Waals surface area (Å²) >= 11 is 0. The molecule has 0 unspecified atom stereocenters. The van der Waals surface area contributed by atoms with Crippen LogP contribution in [0.5, 0.6) is 0 Å². The number of carbonyl (C=O) groups is 1. The molecule has 7 nitrogen and oxygen atoms in total. The minimum atomic E-state index is 0.00271. The van der Waals surface area contributed by atoms with Crippen molar-refractivity contribution in [3.05, 3.63) is 24.3 Å². The number of hydrogen-bond acceptors (Lipinski definition) is 5. The van der Waals surface area contributed by atoms with E-state index in [0.717, 1.165) is 61.8 Å². The number of rotatable bonds is 6. The summed E-state index contributed by atoms with van der Waals surface area (Å²) in [5.41, 5.74) is 0.963. The predicted octanol–water partition coefficient (Wildman–Crippen LogP) is 3.91. The number of hydrogen-bond donors (Lipinski definition) is 3. The minimum absolute atomic E-state index is 0.00271. The maximum Gasteiger partial charge on any atom is 0.315 e. The molecule has 0 radical (unpaired) electrons. The monoisotopic (exact) mass is 410 g/mol. The maximum atomic E-state index is 12.1. The van der Waals surface area contributed by atoms with Crippen molar-refractivity contribution in [1.29, 1.82) is 0 Å². The fourth-order valence-corrected chi connectivity index (χ4v) is 4.70. The SMILES string of the molecule is CN(C)c1nc(NC2CCC(CNC(=O)NC3CCCC3)CC2)nc2ccccc12. The highest BCUT2D eigenvalue weighted by atomic mass is 16.2. The van der Waals surface area contributed by atoms with E-state index in [1.165, 1.54) is 12.8 Å². The molecule has 2 amide bonds. The Kier molecular flexibility index (Phi) is 6.55. The van der Waals surface area contributed by atoms with Crippen LogP contribution in [0.2, 0.25) is 0 Å². The van der Waals surface area contributed by atoms with Gasteiger partial charge in [0.05, 0.1) is 5.52 Å². The molecule has 2 aliphatic rings. The molecule has 2 fully saturated rings. The second-order valence-electron chi connectivity index (χ2n) is 8.98. The summed E-state index contributed by atoms with van der Waals surface area (Å²) in [4.78, 5) is 23.6. The van der Waals surface area contributed by atoms with Crippen LogP contribution in [0.15, 0.2) is 24.3 Å². The zero-order valence-corrected chi connectivity index (χ0v) is 18.2. The summed E-state index contributed by atoms with van der Waals surface area (Å²) in [5.74, 6) is 2.19. The van der Waals surface area contributed by atoms with E-state index in [1.54, 1.807) is 0 Å². The quantitative estimate of drug-likeness (QED) is 0.673. The molecule has 0 bridgehead atoms. The number of anilines is 2. The Morgan fingerprint density at radius 3 is 2.47 bits per heavy atom. The van der Waals surface area contributed by atoms with Crippen LogP contribution in [0, 0.1) is 5.92 Å². The van der Waals surface area contributed by atoms with Crippen LogP contribution in [-0.2, 0) is 0 Å². The summed E-state index contributed by atoms with van der Waals surface area (Å²) in [6.45, 7) is 0.766. The Morgan fingerprint density at radius 1 is 1.00 bits per heavy atom. The number of nitrogens with one attached hydrogen (secondary N) is 3. The molecule has 4 rings (SSSR count). The number of amides is 2. The summed E-state index contributed by atoms with van der Waals surface area (Å²) < 4.78 is 0. The molecule has 3 N–H and O–H groups in total. The first-order valence-corrected chi connectivity index (χ1v) is 11.3. The zero-order chi connectivity index (χ0) is 20.9. The molecule has 0 aliphatic heterocycles. The largest absolute Gasteiger partial charge is 0.362 e. The zero-order valence-electron chi connectivity index (χ0n) is 18.2. The number of carbonyl (C=O) groups excluding carboxylic acids is 1. The molecule has 0 spiro atoms. The van der Waals surface area contributed by atoms with Crippen LogP contribution >= 0.6 is 0 Å². The molecule has 2 aromatic rings. The van der Waals surface area contributed by atoms with Crippen molar-refractivity contribution in [2.45, 2.75) is 63.5 Å². The summed E-state index contributed by atoms with van der Waals surface area (Å²) in [6.07, 6.45) is 9.07. The molecule has 30 heavy (non-hydrogen) atoms. The molecule has 1 aromatic carbocycles. The second kappa shape index (κ2) is 9.49. The second-order valence-corrected chi connectivity index (χ2v) is 8.98. The van der Waals surface area contributed by atoms with Crippen LogP contribution < -0.4 is 20.9 Å². The lowest BCUT2D eigenvalue weighted by atomic mass is 9.86. The van der Waals surface area contributed by atoms with Crippen molar-refractivity contribution < 1.29 is 4.79 Å². The van der Waals surface area contributed by atoms with Gasteiger partial charge in [0, 0.05) is 38.1 Å². The van der Waals surface area contributed by atoms with Crippen molar-refractivity contribution in [3.63, 3.8) is 0 Å². The van der Waals surface area contributed by atoms with Crippen LogP contribution in [0.3, 0.4) is 0 Å². The van der Waals surface area contributed by atoms with Crippen LogP contribution in [0.25, 0.3) is 10.9 Å². The highest BCUT2D eigenvalue weighted by molar-refractivity contribution is 5.90. The molecule has 1 heterocycles. The first-order valence-electron chi connectivity index (χ1n) is 11.3. The maximum absolute atomic E-state index is 12.1. The number of para-hydroxylation sites is 1. The van der Waals surface area contributed by atoms with Gasteiger partial charge in [-0.05, 0) is 56.6 Å². The fraction of sp³-hybridized carbons (Fsp3) is 0.609.